The average molecular weight is 315 g/mol. The average Bonchev–Trinajstić information content (AvgIpc) is 2.82. The number of benzene rings is 1. The summed E-state index contributed by atoms with van der Waals surface area (Å²) in [6, 6.07) is 10.3. The summed E-state index contributed by atoms with van der Waals surface area (Å²) in [6.07, 6.45) is -3.94. The molecule has 0 fully saturated rings. The van der Waals surface area contributed by atoms with Gasteiger partial charge in [-0.25, -0.2) is 0 Å². The number of hydrogen-bond acceptors (Lipinski definition) is 3. The molecule has 0 bridgehead atoms. The highest BCUT2D eigenvalue weighted by molar-refractivity contribution is 7.12. The third-order valence-electron chi connectivity index (χ3n) is 3.05. The van der Waals surface area contributed by atoms with Crippen LogP contribution in [0.4, 0.5) is 13.2 Å². The molecule has 0 spiro atoms. The second-order valence-electron chi connectivity index (χ2n) is 4.69. The van der Waals surface area contributed by atoms with E-state index >= 15 is 0 Å². The van der Waals surface area contributed by atoms with Crippen molar-refractivity contribution in [3.05, 3.63) is 51.7 Å². The zero-order valence-electron chi connectivity index (χ0n) is 11.7. The molecule has 0 aliphatic carbocycles. The molecule has 6 heteroatoms. The summed E-state index contributed by atoms with van der Waals surface area (Å²) in [5.41, 5.74) is 0.954. The molecule has 1 heterocycles. The Kier molecular flexibility index (Phi) is 4.90. The largest absolute Gasteiger partial charge is 0.573 e. The molecular formula is C15H16F3NOS. The molecule has 2 aromatic rings. The molecule has 1 unspecified atom stereocenters. The molecule has 0 aliphatic rings. The van der Waals surface area contributed by atoms with Gasteiger partial charge in [0.2, 0.25) is 0 Å². The third kappa shape index (κ3) is 4.75. The highest BCUT2D eigenvalue weighted by Crippen LogP contribution is 2.27. The van der Waals surface area contributed by atoms with E-state index in [2.05, 4.69) is 22.2 Å². The molecule has 21 heavy (non-hydrogen) atoms. The maximum absolute atomic E-state index is 12.1. The molecule has 1 atom stereocenters. The predicted octanol–water partition coefficient (Wildman–Crippen LogP) is 4.46. The first kappa shape index (κ1) is 15.9. The van der Waals surface area contributed by atoms with E-state index in [0.717, 1.165) is 5.56 Å². The monoisotopic (exact) mass is 315 g/mol. The van der Waals surface area contributed by atoms with E-state index in [1.807, 2.05) is 14.0 Å². The number of nitrogens with one attached hydrogen (secondary N) is 1. The first-order chi connectivity index (χ1) is 9.87. The Labute approximate surface area is 125 Å². The van der Waals surface area contributed by atoms with Gasteiger partial charge in [0.1, 0.15) is 5.75 Å². The molecule has 0 saturated carbocycles. The van der Waals surface area contributed by atoms with Crippen LogP contribution in [-0.2, 0) is 6.42 Å². The summed E-state index contributed by atoms with van der Waals surface area (Å²) >= 11 is 1.71. The van der Waals surface area contributed by atoms with Crippen molar-refractivity contribution >= 4 is 11.3 Å². The second-order valence-corrected chi connectivity index (χ2v) is 6.01. The lowest BCUT2D eigenvalue weighted by Crippen LogP contribution is -2.18. The second kappa shape index (κ2) is 6.49. The van der Waals surface area contributed by atoms with E-state index in [-0.39, 0.29) is 11.8 Å². The summed E-state index contributed by atoms with van der Waals surface area (Å²) in [5, 5.41) is 3.23. The van der Waals surface area contributed by atoms with Gasteiger partial charge in [-0.3, -0.25) is 0 Å². The number of rotatable bonds is 5. The van der Waals surface area contributed by atoms with Gasteiger partial charge in [0.25, 0.3) is 0 Å². The Hall–Kier alpha value is -1.53. The first-order valence-electron chi connectivity index (χ1n) is 6.45. The fraction of sp³-hybridized carbons (Fsp3) is 0.333. The highest BCUT2D eigenvalue weighted by Gasteiger charge is 2.30. The number of alkyl halides is 3. The van der Waals surface area contributed by atoms with Crippen LogP contribution >= 0.6 is 11.3 Å². The van der Waals surface area contributed by atoms with E-state index in [4.69, 9.17) is 0 Å². The van der Waals surface area contributed by atoms with Crippen molar-refractivity contribution in [2.24, 2.45) is 0 Å². The van der Waals surface area contributed by atoms with E-state index in [1.165, 1.54) is 21.9 Å². The summed E-state index contributed by atoms with van der Waals surface area (Å²) < 4.78 is 40.2. The van der Waals surface area contributed by atoms with Crippen molar-refractivity contribution in [3.63, 3.8) is 0 Å². The third-order valence-corrected chi connectivity index (χ3v) is 4.16. The maximum atomic E-state index is 12.1. The lowest BCUT2D eigenvalue weighted by atomic mass is 10.0. The topological polar surface area (TPSA) is 21.3 Å². The number of thiophene rings is 1. The van der Waals surface area contributed by atoms with Gasteiger partial charge >= 0.3 is 6.36 Å². The Bertz CT molecular complexity index is 577. The molecule has 1 N–H and O–H groups in total. The number of halogens is 3. The smallest absolute Gasteiger partial charge is 0.406 e. The highest BCUT2D eigenvalue weighted by atomic mass is 32.1. The molecule has 0 aliphatic heterocycles. The van der Waals surface area contributed by atoms with Crippen LogP contribution in [0.25, 0.3) is 0 Å². The minimum absolute atomic E-state index is 0.151. The van der Waals surface area contributed by atoms with Crippen molar-refractivity contribution in [2.75, 3.05) is 7.05 Å². The fourth-order valence-corrected chi connectivity index (χ4v) is 3.04. The van der Waals surface area contributed by atoms with Gasteiger partial charge < -0.3 is 10.1 Å². The van der Waals surface area contributed by atoms with Crippen molar-refractivity contribution in [3.8, 4) is 5.75 Å². The SMILES string of the molecule is CNC(Cc1ccc(OC(F)(F)F)cc1)c1ccc(C)s1. The molecule has 1 aromatic heterocycles. The van der Waals surface area contributed by atoms with Gasteiger partial charge in [0.15, 0.2) is 0 Å². The molecule has 0 saturated heterocycles. The molecule has 2 nitrogen and oxygen atoms in total. The van der Waals surface area contributed by atoms with Crippen LogP contribution in [0.3, 0.4) is 0 Å². The van der Waals surface area contributed by atoms with Crippen LogP contribution < -0.4 is 10.1 Å². The van der Waals surface area contributed by atoms with E-state index in [9.17, 15) is 13.2 Å². The molecule has 114 valence electrons. The maximum Gasteiger partial charge on any atom is 0.573 e. The van der Waals surface area contributed by atoms with Crippen LogP contribution in [0.5, 0.6) is 5.75 Å². The van der Waals surface area contributed by atoms with Crippen molar-refractivity contribution in [2.45, 2.75) is 25.7 Å². The minimum Gasteiger partial charge on any atom is -0.406 e. The Morgan fingerprint density at radius 1 is 1.14 bits per heavy atom. The Balaban J connectivity index is 2.05. The van der Waals surface area contributed by atoms with Crippen LogP contribution in [-0.4, -0.2) is 13.4 Å². The zero-order chi connectivity index (χ0) is 15.5. The Morgan fingerprint density at radius 3 is 2.29 bits per heavy atom. The van der Waals surface area contributed by atoms with Crippen LogP contribution in [0.2, 0.25) is 0 Å². The van der Waals surface area contributed by atoms with Crippen LogP contribution in [0, 0.1) is 6.92 Å². The van der Waals surface area contributed by atoms with Crippen LogP contribution in [0.1, 0.15) is 21.4 Å². The normalized spacial score (nSPS) is 13.2. The van der Waals surface area contributed by atoms with Crippen LogP contribution in [0.15, 0.2) is 36.4 Å². The number of aryl methyl sites for hydroxylation is 1. The Morgan fingerprint density at radius 2 is 1.81 bits per heavy atom. The molecular weight excluding hydrogens is 299 g/mol. The minimum atomic E-state index is -4.65. The number of ether oxygens (including phenoxy) is 1. The molecule has 2 rings (SSSR count). The molecule has 0 amide bonds. The zero-order valence-corrected chi connectivity index (χ0v) is 12.5. The van der Waals surface area contributed by atoms with Crippen molar-refractivity contribution in [1.29, 1.82) is 0 Å². The lowest BCUT2D eigenvalue weighted by molar-refractivity contribution is -0.274. The van der Waals surface area contributed by atoms with Gasteiger partial charge in [-0.1, -0.05) is 12.1 Å². The van der Waals surface area contributed by atoms with Gasteiger partial charge in [-0.15, -0.1) is 24.5 Å². The summed E-state index contributed by atoms with van der Waals surface area (Å²) in [4.78, 5) is 2.45. The van der Waals surface area contributed by atoms with Crippen molar-refractivity contribution < 1.29 is 17.9 Å². The molecule has 1 aromatic carbocycles. The summed E-state index contributed by atoms with van der Waals surface area (Å²) in [5.74, 6) is -0.195. The summed E-state index contributed by atoms with van der Waals surface area (Å²) in [7, 11) is 1.88. The fourth-order valence-electron chi connectivity index (χ4n) is 2.05. The van der Waals surface area contributed by atoms with Gasteiger partial charge in [-0.2, -0.15) is 0 Å². The standard InChI is InChI=1S/C15H16F3NOS/c1-10-3-8-14(21-10)13(19-2)9-11-4-6-12(7-5-11)20-15(16,17)18/h3-8,13,19H,9H2,1-2H3. The van der Waals surface area contributed by atoms with E-state index in [1.54, 1.807) is 23.5 Å². The van der Waals surface area contributed by atoms with Crippen molar-refractivity contribution in [1.82, 2.24) is 5.32 Å². The predicted molar refractivity (Wildman–Crippen MR) is 77.7 cm³/mol. The lowest BCUT2D eigenvalue weighted by Gasteiger charge is -2.15. The first-order valence-corrected chi connectivity index (χ1v) is 7.27. The van der Waals surface area contributed by atoms with Gasteiger partial charge in [0.05, 0.1) is 0 Å². The van der Waals surface area contributed by atoms with E-state index in [0.29, 0.717) is 6.42 Å². The molecule has 0 radical (unpaired) electrons. The quantitative estimate of drug-likeness (QED) is 0.879. The van der Waals surface area contributed by atoms with E-state index < -0.39 is 6.36 Å². The summed E-state index contributed by atoms with van der Waals surface area (Å²) in [6.45, 7) is 2.05. The number of likely N-dealkylation sites (N-methyl/N-ethyl adjacent to an activating group) is 1. The number of hydrogen-bond donors (Lipinski definition) is 1. The van der Waals surface area contributed by atoms with Gasteiger partial charge in [0, 0.05) is 15.8 Å². The van der Waals surface area contributed by atoms with Gasteiger partial charge in [-0.05, 0) is 50.2 Å².